The first-order valence-electron chi connectivity index (χ1n) is 37.4. The fourth-order valence-electron chi connectivity index (χ4n) is 9.33. The normalized spacial score (nSPS) is 15.0. The molecule has 0 aromatic rings. The number of phosphoric ester groups is 2. The first-order valence-corrected chi connectivity index (χ1v) is 40.4. The van der Waals surface area contributed by atoms with E-state index in [9.17, 15) is 43.5 Å². The summed E-state index contributed by atoms with van der Waals surface area (Å²) < 4.78 is 61.0. The highest BCUT2D eigenvalue weighted by molar-refractivity contribution is 7.47. The van der Waals surface area contributed by atoms with E-state index in [1.54, 1.807) is 0 Å². The minimum Gasteiger partial charge on any atom is -0.463 e. The van der Waals surface area contributed by atoms with Gasteiger partial charge in [-0.25, -0.2) is 9.13 Å². The van der Waals surface area contributed by atoms with Gasteiger partial charge in [-0.1, -0.05) is 274 Å². The molecule has 0 spiro atoms. The van der Waals surface area contributed by atoms with E-state index < -0.39 is 91.5 Å². The van der Waals surface area contributed by atoms with Crippen molar-refractivity contribution in [2.75, 3.05) is 39.6 Å². The smallest absolute Gasteiger partial charge is 0.463 e. The van der Waals surface area contributed by atoms with Gasteiger partial charge in [0.15, 0.2) is 6.10 Å². The van der Waals surface area contributed by atoms with Gasteiger partial charge in [0.05, 0.1) is 26.4 Å². The van der Waals surface area contributed by atoms with Crippen molar-refractivity contribution in [1.82, 2.24) is 0 Å². The molecule has 0 aliphatic rings. The van der Waals surface area contributed by atoms with Crippen LogP contribution in [-0.4, -0.2) is 95.9 Å². The van der Waals surface area contributed by atoms with Gasteiger partial charge in [-0.3, -0.25) is 32.5 Å². The molecule has 99 heavy (non-hydrogen) atoms. The molecule has 562 valence electrons. The number of aliphatic hydroxyl groups is 2. The zero-order chi connectivity index (χ0) is 72.3. The number of ether oxygens (including phenoxy) is 3. The Morgan fingerprint density at radius 1 is 0.283 bits per heavy atom. The van der Waals surface area contributed by atoms with Crippen molar-refractivity contribution in [3.8, 4) is 0 Å². The number of allylic oxidation sites excluding steroid dienone is 28. The Bertz CT molecular complexity index is 2480. The summed E-state index contributed by atoms with van der Waals surface area (Å²) in [6, 6.07) is 0. The number of hydrogen-bond donors (Lipinski definition) is 4. The Kier molecular flexibility index (Phi) is 69.0. The van der Waals surface area contributed by atoms with E-state index in [-0.39, 0.29) is 19.3 Å². The highest BCUT2D eigenvalue weighted by Gasteiger charge is 2.29. The van der Waals surface area contributed by atoms with E-state index in [0.717, 1.165) is 161 Å². The third-order valence-corrected chi connectivity index (χ3v) is 16.8. The molecule has 0 heterocycles. The molecule has 0 bridgehead atoms. The molecule has 0 aromatic heterocycles. The lowest BCUT2D eigenvalue weighted by Crippen LogP contribution is -2.30. The van der Waals surface area contributed by atoms with Crippen molar-refractivity contribution in [2.45, 2.75) is 283 Å². The van der Waals surface area contributed by atoms with E-state index in [1.807, 2.05) is 12.2 Å². The predicted octanol–water partition coefficient (Wildman–Crippen LogP) is 21.6. The van der Waals surface area contributed by atoms with Crippen LogP contribution in [-0.2, 0) is 55.8 Å². The fraction of sp³-hybridized carbons (Fsp3) is 0.617. The van der Waals surface area contributed by atoms with Crippen LogP contribution in [0.3, 0.4) is 0 Å². The van der Waals surface area contributed by atoms with Crippen LogP contribution in [0.5, 0.6) is 0 Å². The molecule has 0 rings (SSSR count). The topological polar surface area (TPSA) is 231 Å². The summed E-state index contributed by atoms with van der Waals surface area (Å²) in [6.45, 7) is 2.23. The molecular formula is C81H132O16P2. The van der Waals surface area contributed by atoms with Crippen LogP contribution >= 0.6 is 15.6 Å². The summed E-state index contributed by atoms with van der Waals surface area (Å²) in [5.74, 6) is -1.67. The Morgan fingerprint density at radius 3 is 0.828 bits per heavy atom. The van der Waals surface area contributed by atoms with Gasteiger partial charge in [0.2, 0.25) is 0 Å². The second-order valence-electron chi connectivity index (χ2n) is 24.3. The maximum absolute atomic E-state index is 12.9. The minimum absolute atomic E-state index is 0.0168. The number of unbranched alkanes of at least 4 members (excludes halogenated alkanes) is 18. The largest absolute Gasteiger partial charge is 0.472 e. The molecule has 0 saturated heterocycles. The monoisotopic (exact) mass is 1420 g/mol. The molecule has 5 unspecified atom stereocenters. The molecule has 18 heteroatoms. The van der Waals surface area contributed by atoms with E-state index in [2.05, 4.69) is 179 Å². The summed E-state index contributed by atoms with van der Waals surface area (Å²) in [5, 5.41) is 20.6. The van der Waals surface area contributed by atoms with Gasteiger partial charge < -0.3 is 34.2 Å². The Hall–Kier alpha value is -5.09. The SMILES string of the molecule is CC/C=C\C/C=C\C/C=C\C/C=C\C/C=C\CCCCCCCCCCCCCC(=O)OCC(O)COP(=O)(O)OCC(O)COP(=O)(O)OCC(COC(=O)CCCCCCCC/C=C\C/C=C\C/C=C\C/C=C\CC)OC(=O)CCC/C=C\C/C=C\C/C=C\C/C=C\C/C=C\CC. The van der Waals surface area contributed by atoms with Gasteiger partial charge >= 0.3 is 33.6 Å². The third-order valence-electron chi connectivity index (χ3n) is 14.9. The van der Waals surface area contributed by atoms with Crippen molar-refractivity contribution in [1.29, 1.82) is 0 Å². The van der Waals surface area contributed by atoms with Crippen LogP contribution in [0.2, 0.25) is 0 Å². The average molecular weight is 1420 g/mol. The highest BCUT2D eigenvalue weighted by atomic mass is 31.2. The number of phosphoric acid groups is 2. The number of esters is 3. The van der Waals surface area contributed by atoms with Gasteiger partial charge in [-0.05, 0) is 141 Å². The minimum atomic E-state index is -4.95. The van der Waals surface area contributed by atoms with Crippen LogP contribution in [0, 0.1) is 0 Å². The van der Waals surface area contributed by atoms with Crippen LogP contribution < -0.4 is 0 Å². The first kappa shape index (κ1) is 93.9. The number of hydrogen-bond acceptors (Lipinski definition) is 14. The summed E-state index contributed by atoms with van der Waals surface area (Å²) in [6.07, 6.45) is 91.2. The van der Waals surface area contributed by atoms with Crippen LogP contribution in [0.15, 0.2) is 170 Å². The van der Waals surface area contributed by atoms with E-state index in [0.29, 0.717) is 25.7 Å². The van der Waals surface area contributed by atoms with Gasteiger partial charge in [0.1, 0.15) is 25.4 Å². The van der Waals surface area contributed by atoms with Gasteiger partial charge in [-0.2, -0.15) is 0 Å². The van der Waals surface area contributed by atoms with E-state index in [4.69, 9.17) is 32.3 Å². The molecule has 5 atom stereocenters. The van der Waals surface area contributed by atoms with Crippen LogP contribution in [0.25, 0.3) is 0 Å². The lowest BCUT2D eigenvalue weighted by molar-refractivity contribution is -0.161. The van der Waals surface area contributed by atoms with Crippen molar-refractivity contribution in [3.63, 3.8) is 0 Å². The molecule has 0 aliphatic carbocycles. The Balaban J connectivity index is 4.65. The molecule has 0 fully saturated rings. The molecule has 0 amide bonds. The lowest BCUT2D eigenvalue weighted by atomic mass is 10.0. The molecule has 0 radical (unpaired) electrons. The van der Waals surface area contributed by atoms with E-state index >= 15 is 0 Å². The van der Waals surface area contributed by atoms with Gasteiger partial charge in [0.25, 0.3) is 0 Å². The summed E-state index contributed by atoms with van der Waals surface area (Å²) in [4.78, 5) is 58.6. The summed E-state index contributed by atoms with van der Waals surface area (Å²) >= 11 is 0. The maximum atomic E-state index is 12.9. The van der Waals surface area contributed by atoms with E-state index in [1.165, 1.54) is 38.5 Å². The van der Waals surface area contributed by atoms with Crippen molar-refractivity contribution in [3.05, 3.63) is 170 Å². The standard InChI is InChI=1S/C81H132O16P2/c1-4-7-10-13-16-19-22-25-28-31-33-34-35-36-37-38-39-40-42-45-46-49-52-55-58-61-64-67-79(84)91-70-76(82)71-93-98(87,88)94-72-77(83)73-95-99(89,90)96-75-78(97-81(86)69-66-63-60-57-54-51-48-43-30-27-24-21-18-15-12-9-6-3)74-92-80(85)68-65-62-59-56-53-50-47-44-41-32-29-26-23-20-17-14-11-8-5-2/h7-12,16-21,25-30,33-34,36-37,41,44,48,51,57,60,76-78,82-83H,4-6,13-15,22-24,31-32,35,38-40,42-43,45-47,49-50,52-56,58-59,61-75H2,1-3H3,(H,87,88)(H,89,90)/b10-7-,11-8-,12-9-,19-16-,20-17-,21-18-,28-25-,29-26-,30-27-,34-33-,37-36-,44-41-,51-48-,60-57-. The second kappa shape index (κ2) is 72.7. The van der Waals surface area contributed by atoms with Crippen molar-refractivity contribution < 1.29 is 75.8 Å². The maximum Gasteiger partial charge on any atom is 0.472 e. The first-order chi connectivity index (χ1) is 48.2. The lowest BCUT2D eigenvalue weighted by Gasteiger charge is -2.21. The second-order valence-corrected chi connectivity index (χ2v) is 27.2. The van der Waals surface area contributed by atoms with Gasteiger partial charge in [-0.15, -0.1) is 0 Å². The van der Waals surface area contributed by atoms with Crippen molar-refractivity contribution in [2.24, 2.45) is 0 Å². The Labute approximate surface area is 599 Å². The predicted molar refractivity (Wildman–Crippen MR) is 408 cm³/mol. The van der Waals surface area contributed by atoms with Crippen molar-refractivity contribution >= 4 is 33.6 Å². The summed E-state index contributed by atoms with van der Waals surface area (Å²) in [5.41, 5.74) is 0. The molecule has 0 saturated carbocycles. The quantitative estimate of drug-likeness (QED) is 0.0146. The van der Waals surface area contributed by atoms with Crippen LogP contribution in [0.4, 0.5) is 0 Å². The zero-order valence-corrected chi connectivity index (χ0v) is 62.9. The number of carbonyl (C=O) groups excluding carboxylic acids is 3. The summed E-state index contributed by atoms with van der Waals surface area (Å²) in [7, 11) is -9.82. The average Bonchev–Trinajstić information content (AvgIpc) is 2.62. The fourth-order valence-corrected chi connectivity index (χ4v) is 10.9. The van der Waals surface area contributed by atoms with Crippen LogP contribution in [0.1, 0.15) is 265 Å². The zero-order valence-electron chi connectivity index (χ0n) is 61.1. The number of aliphatic hydroxyl groups excluding tert-OH is 2. The molecular weight excluding hydrogens is 1290 g/mol. The van der Waals surface area contributed by atoms with Gasteiger partial charge in [0, 0.05) is 19.3 Å². The molecule has 4 N–H and O–H groups in total. The highest BCUT2D eigenvalue weighted by Crippen LogP contribution is 2.45. The Morgan fingerprint density at radius 2 is 0.515 bits per heavy atom. The number of rotatable bonds is 69. The third kappa shape index (κ3) is 73.9. The molecule has 0 aliphatic heterocycles. The molecule has 16 nitrogen and oxygen atoms in total. The molecule has 0 aromatic carbocycles. The number of carbonyl (C=O) groups is 3.